The molecule has 1 unspecified atom stereocenters. The zero-order valence-corrected chi connectivity index (χ0v) is 12.7. The molecule has 5 heteroatoms. The van der Waals surface area contributed by atoms with Crippen molar-refractivity contribution in [3.63, 3.8) is 0 Å². The first-order chi connectivity index (χ1) is 9.11. The second-order valence-corrected chi connectivity index (χ2v) is 5.48. The largest absolute Gasteiger partial charge is 0.311 e. The molecule has 1 atom stereocenters. The van der Waals surface area contributed by atoms with Crippen molar-refractivity contribution in [1.82, 2.24) is 10.3 Å². The van der Waals surface area contributed by atoms with Gasteiger partial charge in [-0.05, 0) is 53.2 Å². The van der Waals surface area contributed by atoms with Crippen molar-refractivity contribution >= 4 is 27.5 Å². The van der Waals surface area contributed by atoms with E-state index in [0.717, 1.165) is 10.2 Å². The molecule has 1 aromatic carbocycles. The number of nitrogens with zero attached hydrogens (tertiary/aromatic N) is 1. The van der Waals surface area contributed by atoms with Gasteiger partial charge in [0.15, 0.2) is 0 Å². The number of nitrogens with one attached hydrogen (secondary N) is 1. The minimum Gasteiger partial charge on any atom is -0.311 e. The molecule has 1 heterocycles. The Morgan fingerprint density at radius 1 is 1.37 bits per heavy atom. The van der Waals surface area contributed by atoms with Crippen molar-refractivity contribution in [3.8, 4) is 0 Å². The molecule has 100 valence electrons. The summed E-state index contributed by atoms with van der Waals surface area (Å²) < 4.78 is 14.8. The van der Waals surface area contributed by atoms with Gasteiger partial charge in [-0.1, -0.05) is 23.7 Å². The predicted molar refractivity (Wildman–Crippen MR) is 78.9 cm³/mol. The monoisotopic (exact) mass is 342 g/mol. The van der Waals surface area contributed by atoms with Gasteiger partial charge >= 0.3 is 0 Å². The third-order valence-electron chi connectivity index (χ3n) is 2.91. The molecule has 0 amide bonds. The van der Waals surface area contributed by atoms with E-state index < -0.39 is 0 Å². The molecule has 0 aliphatic carbocycles. The highest BCUT2D eigenvalue weighted by Crippen LogP contribution is 2.23. The minimum absolute atomic E-state index is 0.0546. The lowest BCUT2D eigenvalue weighted by Crippen LogP contribution is -2.20. The molecule has 2 rings (SSSR count). The van der Waals surface area contributed by atoms with Gasteiger partial charge in [-0.3, -0.25) is 4.98 Å². The first-order valence-electron chi connectivity index (χ1n) is 5.83. The van der Waals surface area contributed by atoms with Gasteiger partial charge in [0, 0.05) is 10.7 Å². The third kappa shape index (κ3) is 3.53. The zero-order chi connectivity index (χ0) is 13.8. The Hall–Kier alpha value is -0.970. The van der Waals surface area contributed by atoms with Crippen LogP contribution in [0.2, 0.25) is 5.02 Å². The molecule has 0 spiro atoms. The highest BCUT2D eigenvalue weighted by molar-refractivity contribution is 9.10. The van der Waals surface area contributed by atoms with Crippen LogP contribution in [0.25, 0.3) is 0 Å². The summed E-state index contributed by atoms with van der Waals surface area (Å²) in [5.41, 5.74) is 1.45. The van der Waals surface area contributed by atoms with Gasteiger partial charge in [0.1, 0.15) is 5.82 Å². The van der Waals surface area contributed by atoms with Crippen molar-refractivity contribution in [2.45, 2.75) is 12.5 Å². The van der Waals surface area contributed by atoms with Crippen LogP contribution in [0.1, 0.15) is 17.3 Å². The SMILES string of the molecule is CNC(Cc1cccc(Cl)c1F)c1ccc(Br)cn1. The summed E-state index contributed by atoms with van der Waals surface area (Å²) >= 11 is 9.13. The van der Waals surface area contributed by atoms with Crippen LogP contribution in [0.4, 0.5) is 4.39 Å². The van der Waals surface area contributed by atoms with E-state index in [2.05, 4.69) is 26.2 Å². The van der Waals surface area contributed by atoms with Crippen LogP contribution in [-0.4, -0.2) is 12.0 Å². The smallest absolute Gasteiger partial charge is 0.145 e. The second kappa shape index (κ2) is 6.46. The highest BCUT2D eigenvalue weighted by Gasteiger charge is 2.15. The summed E-state index contributed by atoms with van der Waals surface area (Å²) in [5.74, 6) is -0.360. The number of hydrogen-bond donors (Lipinski definition) is 1. The summed E-state index contributed by atoms with van der Waals surface area (Å²) in [5, 5.41) is 3.29. The van der Waals surface area contributed by atoms with Crippen LogP contribution in [0.5, 0.6) is 0 Å². The predicted octanol–water partition coefficient (Wildman–Crippen LogP) is 4.14. The number of rotatable bonds is 4. The van der Waals surface area contributed by atoms with E-state index >= 15 is 0 Å². The average Bonchev–Trinajstić information content (AvgIpc) is 2.42. The molecule has 0 aliphatic rings. The molecule has 0 aliphatic heterocycles. The number of hydrogen-bond acceptors (Lipinski definition) is 2. The first-order valence-corrected chi connectivity index (χ1v) is 7.00. The van der Waals surface area contributed by atoms with E-state index in [1.165, 1.54) is 0 Å². The fraction of sp³-hybridized carbons (Fsp3) is 0.214. The Kier molecular flexibility index (Phi) is 4.91. The van der Waals surface area contributed by atoms with E-state index in [0.29, 0.717) is 12.0 Å². The maximum atomic E-state index is 13.9. The molecule has 1 N–H and O–H groups in total. The van der Waals surface area contributed by atoms with Crippen molar-refractivity contribution in [2.24, 2.45) is 0 Å². The third-order valence-corrected chi connectivity index (χ3v) is 3.67. The van der Waals surface area contributed by atoms with Crippen molar-refractivity contribution in [3.05, 3.63) is 63.1 Å². The van der Waals surface area contributed by atoms with Crippen LogP contribution in [0, 0.1) is 5.82 Å². The van der Waals surface area contributed by atoms with E-state index in [-0.39, 0.29) is 16.9 Å². The maximum absolute atomic E-state index is 13.9. The molecule has 0 radical (unpaired) electrons. The second-order valence-electron chi connectivity index (χ2n) is 4.16. The Morgan fingerprint density at radius 3 is 2.79 bits per heavy atom. The topological polar surface area (TPSA) is 24.9 Å². The van der Waals surface area contributed by atoms with Crippen LogP contribution >= 0.6 is 27.5 Å². The fourth-order valence-corrected chi connectivity index (χ4v) is 2.30. The van der Waals surface area contributed by atoms with Gasteiger partial charge in [0.2, 0.25) is 0 Å². The Labute approximate surface area is 125 Å². The molecule has 0 saturated carbocycles. The molecule has 2 nitrogen and oxygen atoms in total. The summed E-state index contributed by atoms with van der Waals surface area (Å²) in [6.07, 6.45) is 2.23. The first kappa shape index (κ1) is 14.4. The lowest BCUT2D eigenvalue weighted by atomic mass is 10.0. The van der Waals surface area contributed by atoms with Gasteiger partial charge in [0.05, 0.1) is 16.8 Å². The molecular formula is C14H13BrClFN2. The molecule has 0 saturated heterocycles. The van der Waals surface area contributed by atoms with Crippen LogP contribution in [0.3, 0.4) is 0 Å². The number of halogens is 3. The normalized spacial score (nSPS) is 12.4. The lowest BCUT2D eigenvalue weighted by Gasteiger charge is -2.16. The summed E-state index contributed by atoms with van der Waals surface area (Å²) in [4.78, 5) is 4.33. The minimum atomic E-state index is -0.360. The standard InChI is InChI=1S/C14H13BrClFN2/c1-18-13(12-6-5-10(15)8-19-12)7-9-3-2-4-11(16)14(9)17/h2-6,8,13,18H,7H2,1H3. The zero-order valence-electron chi connectivity index (χ0n) is 10.3. The molecular weight excluding hydrogens is 331 g/mol. The molecule has 1 aromatic heterocycles. The van der Waals surface area contributed by atoms with Gasteiger partial charge in [-0.25, -0.2) is 4.39 Å². The fourth-order valence-electron chi connectivity index (χ4n) is 1.87. The Bertz CT molecular complexity index is 560. The van der Waals surface area contributed by atoms with Gasteiger partial charge in [-0.15, -0.1) is 0 Å². The maximum Gasteiger partial charge on any atom is 0.145 e. The van der Waals surface area contributed by atoms with Crippen LogP contribution < -0.4 is 5.32 Å². The number of aromatic nitrogens is 1. The average molecular weight is 344 g/mol. The molecule has 0 bridgehead atoms. The van der Waals surface area contributed by atoms with Crippen LogP contribution in [0.15, 0.2) is 41.0 Å². The summed E-state index contributed by atoms with van der Waals surface area (Å²) in [6.45, 7) is 0. The van der Waals surface area contributed by atoms with E-state index in [9.17, 15) is 4.39 Å². The van der Waals surface area contributed by atoms with E-state index in [4.69, 9.17) is 11.6 Å². The Morgan fingerprint density at radius 2 is 2.16 bits per heavy atom. The van der Waals surface area contributed by atoms with Crippen molar-refractivity contribution in [1.29, 1.82) is 0 Å². The quantitative estimate of drug-likeness (QED) is 0.902. The number of benzene rings is 1. The number of pyridine rings is 1. The van der Waals surface area contributed by atoms with E-state index in [1.807, 2.05) is 19.2 Å². The molecule has 0 fully saturated rings. The number of likely N-dealkylation sites (N-methyl/N-ethyl adjacent to an activating group) is 1. The van der Waals surface area contributed by atoms with Gasteiger partial charge in [0.25, 0.3) is 0 Å². The van der Waals surface area contributed by atoms with E-state index in [1.54, 1.807) is 24.4 Å². The van der Waals surface area contributed by atoms with Crippen LogP contribution in [-0.2, 0) is 6.42 Å². The highest BCUT2D eigenvalue weighted by atomic mass is 79.9. The Balaban J connectivity index is 2.24. The van der Waals surface area contributed by atoms with Gasteiger partial charge < -0.3 is 5.32 Å². The molecule has 2 aromatic rings. The van der Waals surface area contributed by atoms with Gasteiger partial charge in [-0.2, -0.15) is 0 Å². The molecule has 19 heavy (non-hydrogen) atoms. The summed E-state index contributed by atoms with van der Waals surface area (Å²) in [7, 11) is 1.83. The summed E-state index contributed by atoms with van der Waals surface area (Å²) in [6, 6.07) is 8.81. The van der Waals surface area contributed by atoms with Crippen molar-refractivity contribution in [2.75, 3.05) is 7.05 Å². The van der Waals surface area contributed by atoms with Crippen molar-refractivity contribution < 1.29 is 4.39 Å². The lowest BCUT2D eigenvalue weighted by molar-refractivity contribution is 0.545.